The van der Waals surface area contributed by atoms with Gasteiger partial charge in [0, 0.05) is 0 Å². The highest BCUT2D eigenvalue weighted by molar-refractivity contribution is 4.90. The Hall–Kier alpha value is -0.680. The van der Waals surface area contributed by atoms with Crippen molar-refractivity contribution >= 4 is 0 Å². The third-order valence-electron chi connectivity index (χ3n) is 2.18. The molecular formula is C9H14O6. The van der Waals surface area contributed by atoms with Crippen LogP contribution in [0.15, 0.2) is 0 Å². The minimum absolute atomic E-state index is 0.0946. The highest BCUT2D eigenvalue weighted by atomic mass is 16.7. The zero-order valence-electron chi connectivity index (χ0n) is 7.98. The molecule has 1 saturated heterocycles. The van der Waals surface area contributed by atoms with E-state index in [9.17, 15) is 15.3 Å². The fraction of sp³-hybridized carbons (Fsp3) is 0.778. The van der Waals surface area contributed by atoms with Crippen molar-refractivity contribution in [3.63, 3.8) is 0 Å². The molecular weight excluding hydrogens is 204 g/mol. The Balaban J connectivity index is 2.62. The lowest BCUT2D eigenvalue weighted by Gasteiger charge is -2.39. The van der Waals surface area contributed by atoms with Crippen molar-refractivity contribution in [2.75, 3.05) is 13.2 Å². The molecule has 6 heteroatoms. The maximum absolute atomic E-state index is 9.44. The van der Waals surface area contributed by atoms with E-state index < -0.39 is 37.3 Å². The van der Waals surface area contributed by atoms with Gasteiger partial charge in [-0.15, -0.1) is 6.42 Å². The van der Waals surface area contributed by atoms with Crippen LogP contribution >= 0.6 is 0 Å². The highest BCUT2D eigenvalue weighted by Crippen LogP contribution is 2.21. The highest BCUT2D eigenvalue weighted by Gasteiger charge is 2.43. The Labute approximate surface area is 87.1 Å². The predicted molar refractivity (Wildman–Crippen MR) is 48.6 cm³/mol. The molecule has 4 N–H and O–H groups in total. The molecule has 5 atom stereocenters. The van der Waals surface area contributed by atoms with Crippen LogP contribution in [-0.4, -0.2) is 64.3 Å². The van der Waals surface area contributed by atoms with Gasteiger partial charge < -0.3 is 29.9 Å². The van der Waals surface area contributed by atoms with E-state index in [4.69, 9.17) is 21.0 Å². The first-order valence-corrected chi connectivity index (χ1v) is 4.47. The number of rotatable bonds is 3. The number of hydrogen-bond donors (Lipinski definition) is 4. The molecule has 86 valence electrons. The smallest absolute Gasteiger partial charge is 0.187 e. The molecule has 1 heterocycles. The van der Waals surface area contributed by atoms with Crippen LogP contribution in [0.1, 0.15) is 0 Å². The fourth-order valence-electron chi connectivity index (χ4n) is 1.34. The van der Waals surface area contributed by atoms with E-state index in [1.807, 2.05) is 0 Å². The third kappa shape index (κ3) is 2.66. The van der Waals surface area contributed by atoms with E-state index in [2.05, 4.69) is 5.92 Å². The van der Waals surface area contributed by atoms with Crippen LogP contribution in [-0.2, 0) is 9.47 Å². The minimum atomic E-state index is -1.43. The Bertz CT molecular complexity index is 235. The summed E-state index contributed by atoms with van der Waals surface area (Å²) in [6.45, 7) is -0.580. The molecule has 1 aliphatic heterocycles. The summed E-state index contributed by atoms with van der Waals surface area (Å²) >= 11 is 0. The zero-order chi connectivity index (χ0) is 11.4. The van der Waals surface area contributed by atoms with Gasteiger partial charge in [-0.2, -0.15) is 0 Å². The monoisotopic (exact) mass is 218 g/mol. The second-order valence-corrected chi connectivity index (χ2v) is 3.21. The van der Waals surface area contributed by atoms with Gasteiger partial charge in [-0.3, -0.25) is 0 Å². The van der Waals surface area contributed by atoms with Crippen LogP contribution < -0.4 is 0 Å². The van der Waals surface area contributed by atoms with Crippen LogP contribution in [0.5, 0.6) is 0 Å². The van der Waals surface area contributed by atoms with Gasteiger partial charge in [0.25, 0.3) is 0 Å². The first-order valence-electron chi connectivity index (χ1n) is 4.47. The zero-order valence-corrected chi connectivity index (χ0v) is 7.98. The molecule has 0 saturated carbocycles. The van der Waals surface area contributed by atoms with E-state index in [0.717, 1.165) is 0 Å². The van der Waals surface area contributed by atoms with Gasteiger partial charge in [0.05, 0.1) is 6.61 Å². The Kier molecular flexibility index (Phi) is 4.47. The number of aliphatic hydroxyl groups excluding tert-OH is 4. The molecule has 0 amide bonds. The van der Waals surface area contributed by atoms with Crippen molar-refractivity contribution in [2.24, 2.45) is 0 Å². The van der Waals surface area contributed by atoms with Crippen LogP contribution in [0.3, 0.4) is 0 Å². The maximum atomic E-state index is 9.44. The van der Waals surface area contributed by atoms with Gasteiger partial charge in [0.2, 0.25) is 0 Å². The lowest BCUT2D eigenvalue weighted by atomic mass is 9.99. The second kappa shape index (κ2) is 5.42. The standard InChI is InChI=1S/C9H14O6/c1-2-3-14-9-8(13)7(12)6(11)5(4-10)15-9/h1,5-13H,3-4H2/t5?,6-,7?,8-,9+/m1/s1. The fourth-order valence-corrected chi connectivity index (χ4v) is 1.34. The molecule has 0 bridgehead atoms. The molecule has 0 aliphatic carbocycles. The summed E-state index contributed by atoms with van der Waals surface area (Å²) in [5.74, 6) is 2.17. The lowest BCUT2D eigenvalue weighted by Crippen LogP contribution is -2.59. The van der Waals surface area contributed by atoms with E-state index >= 15 is 0 Å². The Morgan fingerprint density at radius 2 is 1.87 bits per heavy atom. The van der Waals surface area contributed by atoms with Gasteiger partial charge >= 0.3 is 0 Å². The number of terminal acetylenes is 1. The maximum Gasteiger partial charge on any atom is 0.187 e. The summed E-state index contributed by atoms with van der Waals surface area (Å²) in [6.07, 6.45) is -1.36. The quantitative estimate of drug-likeness (QED) is 0.389. The average molecular weight is 218 g/mol. The van der Waals surface area contributed by atoms with Gasteiger partial charge in [-0.05, 0) is 0 Å². The predicted octanol–water partition coefficient (Wildman–Crippen LogP) is -2.56. The normalized spacial score (nSPS) is 41.1. The SMILES string of the molecule is C#CCO[C@H]1OC(CO)[C@@H](O)C(O)[C@H]1O. The molecule has 1 aliphatic rings. The van der Waals surface area contributed by atoms with E-state index in [-0.39, 0.29) is 6.61 Å². The van der Waals surface area contributed by atoms with Crippen LogP contribution in [0, 0.1) is 12.3 Å². The van der Waals surface area contributed by atoms with Gasteiger partial charge in [0.15, 0.2) is 6.29 Å². The van der Waals surface area contributed by atoms with E-state index in [1.165, 1.54) is 0 Å². The number of hydrogen-bond acceptors (Lipinski definition) is 6. The van der Waals surface area contributed by atoms with Crippen molar-refractivity contribution in [1.82, 2.24) is 0 Å². The molecule has 0 aromatic heterocycles. The summed E-state index contributed by atoms with van der Waals surface area (Å²) in [6, 6.07) is 0. The molecule has 0 spiro atoms. The molecule has 0 radical (unpaired) electrons. The first-order chi connectivity index (χ1) is 7.11. The van der Waals surface area contributed by atoms with Gasteiger partial charge in [-0.25, -0.2) is 0 Å². The summed E-state index contributed by atoms with van der Waals surface area (Å²) in [5.41, 5.74) is 0. The van der Waals surface area contributed by atoms with Crippen molar-refractivity contribution in [3.05, 3.63) is 0 Å². The second-order valence-electron chi connectivity index (χ2n) is 3.21. The Morgan fingerprint density at radius 3 is 2.40 bits per heavy atom. The molecule has 15 heavy (non-hydrogen) atoms. The molecule has 6 nitrogen and oxygen atoms in total. The first kappa shape index (κ1) is 12.4. The van der Waals surface area contributed by atoms with Crippen molar-refractivity contribution < 1.29 is 29.9 Å². The van der Waals surface area contributed by atoms with Gasteiger partial charge in [-0.1, -0.05) is 5.92 Å². The molecule has 2 unspecified atom stereocenters. The summed E-state index contributed by atoms with van der Waals surface area (Å²) in [5, 5.41) is 37.0. The van der Waals surface area contributed by atoms with E-state index in [1.54, 1.807) is 0 Å². The number of ether oxygens (including phenoxy) is 2. The Morgan fingerprint density at radius 1 is 1.20 bits per heavy atom. The van der Waals surface area contributed by atoms with E-state index in [0.29, 0.717) is 0 Å². The molecule has 0 aromatic rings. The summed E-state index contributed by atoms with van der Waals surface area (Å²) in [7, 11) is 0. The molecule has 1 fully saturated rings. The van der Waals surface area contributed by atoms with Crippen molar-refractivity contribution in [2.45, 2.75) is 30.7 Å². The summed E-state index contributed by atoms with van der Waals surface area (Å²) in [4.78, 5) is 0. The van der Waals surface area contributed by atoms with Gasteiger partial charge in [0.1, 0.15) is 31.0 Å². The largest absolute Gasteiger partial charge is 0.394 e. The van der Waals surface area contributed by atoms with Crippen LogP contribution in [0.2, 0.25) is 0 Å². The van der Waals surface area contributed by atoms with Crippen molar-refractivity contribution in [1.29, 1.82) is 0 Å². The topological polar surface area (TPSA) is 99.4 Å². The van der Waals surface area contributed by atoms with Crippen LogP contribution in [0.4, 0.5) is 0 Å². The van der Waals surface area contributed by atoms with Crippen LogP contribution in [0.25, 0.3) is 0 Å². The third-order valence-corrected chi connectivity index (χ3v) is 2.18. The summed E-state index contributed by atoms with van der Waals surface area (Å²) < 4.78 is 9.91. The molecule has 1 rings (SSSR count). The van der Waals surface area contributed by atoms with Crippen molar-refractivity contribution in [3.8, 4) is 12.3 Å². The molecule has 0 aromatic carbocycles. The lowest BCUT2D eigenvalue weighted by molar-refractivity contribution is -0.298. The number of aliphatic hydroxyl groups is 4. The minimum Gasteiger partial charge on any atom is -0.394 e. The average Bonchev–Trinajstić information content (AvgIpc) is 2.25.